The molecule has 0 heterocycles. The van der Waals surface area contributed by atoms with Gasteiger partial charge in [0.15, 0.2) is 0 Å². The topological polar surface area (TPSA) is 55.1 Å². The lowest BCUT2D eigenvalue weighted by molar-refractivity contribution is 0.0953. The van der Waals surface area contributed by atoms with Gasteiger partial charge in [-0.2, -0.15) is 0 Å². The van der Waals surface area contributed by atoms with Gasteiger partial charge in [-0.1, -0.05) is 29.3 Å². The molecule has 3 N–H and O–H groups in total. The number of benzene rings is 2. The molecule has 2 aromatic rings. The molecule has 0 bridgehead atoms. The van der Waals surface area contributed by atoms with Gasteiger partial charge in [-0.15, -0.1) is 0 Å². The number of rotatable bonds is 4. The van der Waals surface area contributed by atoms with Crippen molar-refractivity contribution >= 4 is 34.8 Å². The highest BCUT2D eigenvalue weighted by Crippen LogP contribution is 2.21. The van der Waals surface area contributed by atoms with Crippen molar-refractivity contribution in [3.05, 3.63) is 63.4 Å². The summed E-state index contributed by atoms with van der Waals surface area (Å²) in [5.41, 5.74) is 6.48. The number of nitrogens with one attached hydrogen (secondary N) is 1. The molecule has 0 aliphatic carbocycles. The summed E-state index contributed by atoms with van der Waals surface area (Å²) in [6.07, 6.45) is 0.555. The summed E-state index contributed by atoms with van der Waals surface area (Å²) >= 11 is 11.8. The molecule has 110 valence electrons. The van der Waals surface area contributed by atoms with Crippen LogP contribution in [0.25, 0.3) is 0 Å². The quantitative estimate of drug-likeness (QED) is 0.842. The summed E-state index contributed by atoms with van der Waals surface area (Å²) in [6, 6.07) is 9.14. The van der Waals surface area contributed by atoms with Gasteiger partial charge in [-0.3, -0.25) is 4.79 Å². The van der Waals surface area contributed by atoms with Gasteiger partial charge in [-0.05, 0) is 42.3 Å². The molecule has 0 spiro atoms. The fourth-order valence-electron chi connectivity index (χ4n) is 1.81. The van der Waals surface area contributed by atoms with Crippen molar-refractivity contribution in [2.24, 2.45) is 0 Å². The molecule has 0 saturated carbocycles. The average molecular weight is 327 g/mol. The van der Waals surface area contributed by atoms with Crippen molar-refractivity contribution in [1.82, 2.24) is 5.32 Å². The van der Waals surface area contributed by atoms with Crippen LogP contribution in [-0.4, -0.2) is 12.5 Å². The molecular formula is C15H13Cl2FN2O. The molecule has 0 unspecified atom stereocenters. The minimum atomic E-state index is -0.608. The van der Waals surface area contributed by atoms with Crippen molar-refractivity contribution in [1.29, 1.82) is 0 Å². The van der Waals surface area contributed by atoms with Gasteiger partial charge in [0.05, 0.1) is 5.69 Å². The Morgan fingerprint density at radius 3 is 2.62 bits per heavy atom. The van der Waals surface area contributed by atoms with Crippen LogP contribution in [-0.2, 0) is 6.42 Å². The maximum atomic E-state index is 13.3. The standard InChI is InChI=1S/C15H13Cl2FN2O/c16-11-3-1-9(12(17)8-11)5-6-20-15(21)10-2-4-14(19)13(18)7-10/h1-4,7-8H,5-6,19H2,(H,20,21). The third-order valence-corrected chi connectivity index (χ3v) is 3.54. The number of nitrogen functional groups attached to an aromatic ring is 1. The lowest BCUT2D eigenvalue weighted by Gasteiger charge is -2.08. The summed E-state index contributed by atoms with van der Waals surface area (Å²) in [6.45, 7) is 0.381. The van der Waals surface area contributed by atoms with E-state index in [0.717, 1.165) is 11.6 Å². The Balaban J connectivity index is 1.93. The van der Waals surface area contributed by atoms with Gasteiger partial charge in [0.25, 0.3) is 5.91 Å². The van der Waals surface area contributed by atoms with Crippen LogP contribution in [0.4, 0.5) is 10.1 Å². The van der Waals surface area contributed by atoms with Crippen LogP contribution < -0.4 is 11.1 Å². The van der Waals surface area contributed by atoms with E-state index in [2.05, 4.69) is 5.32 Å². The molecule has 21 heavy (non-hydrogen) atoms. The first kappa shape index (κ1) is 15.6. The number of nitrogens with two attached hydrogens (primary N) is 1. The van der Waals surface area contributed by atoms with Gasteiger partial charge < -0.3 is 11.1 Å². The van der Waals surface area contributed by atoms with E-state index in [0.29, 0.717) is 23.0 Å². The molecule has 3 nitrogen and oxygen atoms in total. The van der Waals surface area contributed by atoms with Gasteiger partial charge >= 0.3 is 0 Å². The Hall–Kier alpha value is -1.78. The summed E-state index contributed by atoms with van der Waals surface area (Å²) in [5, 5.41) is 3.81. The van der Waals surface area contributed by atoms with Crippen molar-refractivity contribution in [2.75, 3.05) is 12.3 Å². The van der Waals surface area contributed by atoms with Crippen LogP contribution >= 0.6 is 23.2 Å². The van der Waals surface area contributed by atoms with Crippen LogP contribution in [0.5, 0.6) is 0 Å². The van der Waals surface area contributed by atoms with Gasteiger partial charge in [-0.25, -0.2) is 4.39 Å². The first-order chi connectivity index (χ1) is 9.97. The van der Waals surface area contributed by atoms with Crippen LogP contribution in [0, 0.1) is 5.82 Å². The van der Waals surface area contributed by atoms with Crippen LogP contribution in [0.1, 0.15) is 15.9 Å². The number of carbonyl (C=O) groups excluding carboxylic acids is 1. The summed E-state index contributed by atoms with van der Waals surface area (Å²) < 4.78 is 13.3. The largest absolute Gasteiger partial charge is 0.396 e. The van der Waals surface area contributed by atoms with E-state index in [1.807, 2.05) is 0 Å². The van der Waals surface area contributed by atoms with E-state index in [1.165, 1.54) is 12.1 Å². The average Bonchev–Trinajstić information content (AvgIpc) is 2.44. The maximum Gasteiger partial charge on any atom is 0.251 e. The smallest absolute Gasteiger partial charge is 0.251 e. The van der Waals surface area contributed by atoms with Crippen LogP contribution in [0.2, 0.25) is 10.0 Å². The molecule has 2 aromatic carbocycles. The number of hydrogen-bond donors (Lipinski definition) is 2. The second kappa shape index (κ2) is 6.78. The van der Waals surface area contributed by atoms with Crippen LogP contribution in [0.15, 0.2) is 36.4 Å². The third kappa shape index (κ3) is 4.09. The van der Waals surface area contributed by atoms with E-state index in [-0.39, 0.29) is 17.2 Å². The molecule has 0 saturated heterocycles. The maximum absolute atomic E-state index is 13.3. The highest BCUT2D eigenvalue weighted by atomic mass is 35.5. The molecule has 6 heteroatoms. The molecule has 2 rings (SSSR count). The van der Waals surface area contributed by atoms with Gasteiger partial charge in [0, 0.05) is 22.2 Å². The van der Waals surface area contributed by atoms with E-state index in [9.17, 15) is 9.18 Å². The third-order valence-electron chi connectivity index (χ3n) is 2.96. The van der Waals surface area contributed by atoms with Gasteiger partial charge in [0.1, 0.15) is 5.82 Å². The van der Waals surface area contributed by atoms with E-state index < -0.39 is 5.82 Å². The zero-order chi connectivity index (χ0) is 15.4. The molecule has 0 aliphatic heterocycles. The Bertz CT molecular complexity index is 677. The fourth-order valence-corrected chi connectivity index (χ4v) is 2.31. The number of amides is 1. The molecule has 1 amide bonds. The second-order valence-corrected chi connectivity index (χ2v) is 5.32. The highest BCUT2D eigenvalue weighted by Gasteiger charge is 2.08. The Kier molecular flexibility index (Phi) is 5.04. The summed E-state index contributed by atoms with van der Waals surface area (Å²) in [5.74, 6) is -0.970. The Morgan fingerprint density at radius 2 is 1.95 bits per heavy atom. The lowest BCUT2D eigenvalue weighted by atomic mass is 10.1. The molecular weight excluding hydrogens is 314 g/mol. The zero-order valence-electron chi connectivity index (χ0n) is 11.0. The number of halogens is 3. The molecule has 0 fully saturated rings. The molecule has 0 atom stereocenters. The minimum absolute atomic E-state index is 0.0134. The molecule has 0 aliphatic rings. The number of carbonyl (C=O) groups is 1. The fraction of sp³-hybridized carbons (Fsp3) is 0.133. The van der Waals surface area contributed by atoms with E-state index in [4.69, 9.17) is 28.9 Å². The summed E-state index contributed by atoms with van der Waals surface area (Å²) in [7, 11) is 0. The predicted molar refractivity (Wildman–Crippen MR) is 83.3 cm³/mol. The second-order valence-electron chi connectivity index (χ2n) is 4.48. The first-order valence-corrected chi connectivity index (χ1v) is 7.00. The monoisotopic (exact) mass is 326 g/mol. The van der Waals surface area contributed by atoms with Crippen molar-refractivity contribution in [3.8, 4) is 0 Å². The van der Waals surface area contributed by atoms with E-state index >= 15 is 0 Å². The SMILES string of the molecule is Nc1ccc(C(=O)NCCc2ccc(Cl)cc2Cl)cc1F. The van der Waals surface area contributed by atoms with Crippen LogP contribution in [0.3, 0.4) is 0 Å². The van der Waals surface area contributed by atoms with Crippen molar-refractivity contribution < 1.29 is 9.18 Å². The minimum Gasteiger partial charge on any atom is -0.396 e. The normalized spacial score (nSPS) is 10.4. The first-order valence-electron chi connectivity index (χ1n) is 6.24. The molecule has 0 aromatic heterocycles. The van der Waals surface area contributed by atoms with E-state index in [1.54, 1.807) is 18.2 Å². The highest BCUT2D eigenvalue weighted by molar-refractivity contribution is 6.35. The van der Waals surface area contributed by atoms with Crippen molar-refractivity contribution in [2.45, 2.75) is 6.42 Å². The Morgan fingerprint density at radius 1 is 1.19 bits per heavy atom. The van der Waals surface area contributed by atoms with Gasteiger partial charge in [0.2, 0.25) is 0 Å². The zero-order valence-corrected chi connectivity index (χ0v) is 12.5. The summed E-state index contributed by atoms with van der Waals surface area (Å²) in [4.78, 5) is 11.9. The van der Waals surface area contributed by atoms with Crippen molar-refractivity contribution in [3.63, 3.8) is 0 Å². The lowest BCUT2D eigenvalue weighted by Crippen LogP contribution is -2.25. The molecule has 0 radical (unpaired) electrons. The Labute approximate surface area is 131 Å². The number of anilines is 1. The predicted octanol–water partition coefficient (Wildman–Crippen LogP) is 3.69. The number of hydrogen-bond acceptors (Lipinski definition) is 2.